The molecule has 66 valence electrons. The van der Waals surface area contributed by atoms with Gasteiger partial charge in [0.15, 0.2) is 0 Å². The third kappa shape index (κ3) is 2.24. The summed E-state index contributed by atoms with van der Waals surface area (Å²) in [5, 5.41) is 3.98. The molecule has 0 radical (unpaired) electrons. The first-order valence-corrected chi connectivity index (χ1v) is 3.46. The van der Waals surface area contributed by atoms with E-state index >= 15 is 0 Å². The number of guanidine groups is 1. The quantitative estimate of drug-likeness (QED) is 0.221. The smallest absolute Gasteiger partial charge is 0.203 e. The third-order valence-electron chi connectivity index (χ3n) is 1.34. The Morgan fingerprint density at radius 2 is 2.58 bits per heavy atom. The molecule has 0 spiro atoms. The van der Waals surface area contributed by atoms with Gasteiger partial charge in [0.25, 0.3) is 0 Å². The highest BCUT2D eigenvalue weighted by Crippen LogP contribution is 1.97. The number of hydrogen-bond acceptors (Lipinski definition) is 3. The predicted molar refractivity (Wildman–Crippen MR) is 45.9 cm³/mol. The largest absolute Gasteiger partial charge is 0.369 e. The zero-order chi connectivity index (χ0) is 8.97. The van der Waals surface area contributed by atoms with Gasteiger partial charge in [-0.15, -0.1) is 0 Å². The van der Waals surface area contributed by atoms with Crippen LogP contribution in [0.2, 0.25) is 0 Å². The topological polar surface area (TPSA) is 94.2 Å². The van der Waals surface area contributed by atoms with Crippen LogP contribution < -0.4 is 17.0 Å². The molecule has 1 aromatic heterocycles. The molecule has 6 heteroatoms. The summed E-state index contributed by atoms with van der Waals surface area (Å²) in [4.78, 5) is 3.93. The summed E-state index contributed by atoms with van der Waals surface area (Å²) in [7, 11) is 1.84. The Morgan fingerprint density at radius 3 is 3.08 bits per heavy atom. The Morgan fingerprint density at radius 1 is 1.83 bits per heavy atom. The second-order valence-electron chi connectivity index (χ2n) is 2.37. The Hall–Kier alpha value is -1.56. The van der Waals surface area contributed by atoms with Crippen LogP contribution >= 0.6 is 0 Å². The van der Waals surface area contributed by atoms with E-state index in [9.17, 15) is 0 Å². The number of aliphatic imine (C=N–C) groups is 1. The first-order chi connectivity index (χ1) is 5.72. The molecule has 0 aliphatic heterocycles. The molecule has 6 nitrogen and oxygen atoms in total. The van der Waals surface area contributed by atoms with Crippen molar-refractivity contribution in [3.8, 4) is 0 Å². The minimum Gasteiger partial charge on any atom is -0.369 e. The predicted octanol–water partition coefficient (Wildman–Crippen LogP) is -1.30. The van der Waals surface area contributed by atoms with Gasteiger partial charge in [-0.2, -0.15) is 5.10 Å². The molecule has 0 aromatic carbocycles. The minimum atomic E-state index is 0.221. The van der Waals surface area contributed by atoms with E-state index in [-0.39, 0.29) is 5.96 Å². The Labute approximate surface area is 70.2 Å². The standard InChI is InChI=1S/C6H12N6/c1-12-4-5(3-10-12)2-9-6(7)11-8/h3-4H,2,8H2,1H3,(H3,7,9,11). The summed E-state index contributed by atoms with van der Waals surface area (Å²) in [5.74, 6) is 5.24. The maximum absolute atomic E-state index is 5.31. The Kier molecular flexibility index (Phi) is 2.65. The number of aryl methyl sites for hydroxylation is 1. The van der Waals surface area contributed by atoms with E-state index in [2.05, 4.69) is 15.5 Å². The van der Waals surface area contributed by atoms with Crippen LogP contribution in [0.5, 0.6) is 0 Å². The molecule has 0 aliphatic rings. The molecule has 1 rings (SSSR count). The highest BCUT2D eigenvalue weighted by molar-refractivity contribution is 5.77. The van der Waals surface area contributed by atoms with E-state index in [1.54, 1.807) is 10.9 Å². The summed E-state index contributed by atoms with van der Waals surface area (Å²) in [6.45, 7) is 0.490. The van der Waals surface area contributed by atoms with Crippen LogP contribution in [-0.2, 0) is 13.6 Å². The second kappa shape index (κ2) is 3.72. The first kappa shape index (κ1) is 8.54. The maximum atomic E-state index is 5.31. The summed E-state index contributed by atoms with van der Waals surface area (Å²) in [5.41, 5.74) is 8.55. The fourth-order valence-corrected chi connectivity index (χ4v) is 0.776. The van der Waals surface area contributed by atoms with Gasteiger partial charge < -0.3 is 5.73 Å². The van der Waals surface area contributed by atoms with Crippen molar-refractivity contribution in [2.45, 2.75) is 6.54 Å². The lowest BCUT2D eigenvalue weighted by atomic mass is 10.4. The first-order valence-electron chi connectivity index (χ1n) is 3.46. The molecule has 5 N–H and O–H groups in total. The molecule has 12 heavy (non-hydrogen) atoms. The zero-order valence-electron chi connectivity index (χ0n) is 6.86. The molecular weight excluding hydrogens is 156 g/mol. The van der Waals surface area contributed by atoms with Gasteiger partial charge in [0, 0.05) is 18.8 Å². The molecular formula is C6H12N6. The molecule has 1 heterocycles. The van der Waals surface area contributed by atoms with E-state index in [1.165, 1.54) is 0 Å². The molecule has 0 atom stereocenters. The van der Waals surface area contributed by atoms with Gasteiger partial charge in [0.2, 0.25) is 5.96 Å². The van der Waals surface area contributed by atoms with Crippen molar-refractivity contribution < 1.29 is 0 Å². The number of nitrogens with two attached hydrogens (primary N) is 2. The fourth-order valence-electron chi connectivity index (χ4n) is 0.776. The highest BCUT2D eigenvalue weighted by Gasteiger charge is 1.93. The lowest BCUT2D eigenvalue weighted by Gasteiger charge is -1.95. The van der Waals surface area contributed by atoms with E-state index in [4.69, 9.17) is 11.6 Å². The lowest BCUT2D eigenvalue weighted by molar-refractivity contribution is 0.766. The minimum absolute atomic E-state index is 0.221. The summed E-state index contributed by atoms with van der Waals surface area (Å²) < 4.78 is 1.71. The third-order valence-corrected chi connectivity index (χ3v) is 1.34. The molecule has 0 saturated carbocycles. The molecule has 0 unspecified atom stereocenters. The average Bonchev–Trinajstić information content (AvgIpc) is 2.47. The number of rotatable bonds is 2. The zero-order valence-corrected chi connectivity index (χ0v) is 6.86. The van der Waals surface area contributed by atoms with Crippen molar-refractivity contribution in [1.82, 2.24) is 15.2 Å². The van der Waals surface area contributed by atoms with Gasteiger partial charge in [-0.3, -0.25) is 10.1 Å². The van der Waals surface area contributed by atoms with Crippen LogP contribution in [0, 0.1) is 0 Å². The molecule has 0 amide bonds. The molecule has 0 bridgehead atoms. The normalized spacial score (nSPS) is 11.7. The van der Waals surface area contributed by atoms with Crippen molar-refractivity contribution >= 4 is 5.96 Å². The lowest BCUT2D eigenvalue weighted by Crippen LogP contribution is -2.37. The van der Waals surface area contributed by atoms with Crippen LogP contribution in [0.1, 0.15) is 5.56 Å². The number of aromatic nitrogens is 2. The number of hydrogen-bond donors (Lipinski definition) is 3. The molecule has 1 aromatic rings. The maximum Gasteiger partial charge on any atom is 0.203 e. The fraction of sp³-hybridized carbons (Fsp3) is 0.333. The van der Waals surface area contributed by atoms with Crippen LogP contribution in [0.15, 0.2) is 17.4 Å². The van der Waals surface area contributed by atoms with Gasteiger partial charge in [-0.05, 0) is 0 Å². The Bertz CT molecular complexity index is 275. The van der Waals surface area contributed by atoms with Gasteiger partial charge in [-0.1, -0.05) is 0 Å². The highest BCUT2D eigenvalue weighted by atomic mass is 15.3. The second-order valence-corrected chi connectivity index (χ2v) is 2.37. The number of nitrogens with one attached hydrogen (secondary N) is 1. The van der Waals surface area contributed by atoms with Crippen LogP contribution in [-0.4, -0.2) is 15.7 Å². The van der Waals surface area contributed by atoms with Gasteiger partial charge in [0.1, 0.15) is 0 Å². The summed E-state index contributed by atoms with van der Waals surface area (Å²) in [6, 6.07) is 0. The van der Waals surface area contributed by atoms with Gasteiger partial charge >= 0.3 is 0 Å². The summed E-state index contributed by atoms with van der Waals surface area (Å²) >= 11 is 0. The van der Waals surface area contributed by atoms with Gasteiger partial charge in [0.05, 0.1) is 12.7 Å². The monoisotopic (exact) mass is 168 g/mol. The van der Waals surface area contributed by atoms with E-state index < -0.39 is 0 Å². The number of hydrazine groups is 1. The van der Waals surface area contributed by atoms with E-state index in [1.807, 2.05) is 13.2 Å². The van der Waals surface area contributed by atoms with Gasteiger partial charge in [-0.25, -0.2) is 10.8 Å². The summed E-state index contributed by atoms with van der Waals surface area (Å²) in [6.07, 6.45) is 3.60. The van der Waals surface area contributed by atoms with Crippen molar-refractivity contribution in [2.75, 3.05) is 0 Å². The molecule has 0 aliphatic carbocycles. The molecule has 0 saturated heterocycles. The van der Waals surface area contributed by atoms with Crippen LogP contribution in [0.4, 0.5) is 0 Å². The average molecular weight is 168 g/mol. The van der Waals surface area contributed by atoms with Crippen molar-refractivity contribution in [3.05, 3.63) is 18.0 Å². The van der Waals surface area contributed by atoms with Crippen LogP contribution in [0.3, 0.4) is 0 Å². The van der Waals surface area contributed by atoms with Crippen molar-refractivity contribution in [2.24, 2.45) is 23.6 Å². The number of nitrogens with zero attached hydrogens (tertiary/aromatic N) is 3. The SMILES string of the molecule is Cn1cc(CN=C(N)NN)cn1. The van der Waals surface area contributed by atoms with E-state index in [0.717, 1.165) is 5.56 Å². The van der Waals surface area contributed by atoms with Crippen LogP contribution in [0.25, 0.3) is 0 Å². The Balaban J connectivity index is 2.53. The molecule has 0 fully saturated rings. The van der Waals surface area contributed by atoms with Crippen molar-refractivity contribution in [3.63, 3.8) is 0 Å². The van der Waals surface area contributed by atoms with Crippen molar-refractivity contribution in [1.29, 1.82) is 0 Å². The van der Waals surface area contributed by atoms with E-state index in [0.29, 0.717) is 6.54 Å².